The quantitative estimate of drug-likeness (QED) is 0.791. The maximum Gasteiger partial charge on any atom is 0.235 e. The van der Waals surface area contributed by atoms with Gasteiger partial charge in [-0.25, -0.2) is 8.42 Å². The largest absolute Gasteiger partial charge is 0.310 e. The number of fused-ring (bicyclic) bond motifs is 1. The number of anilines is 1. The van der Waals surface area contributed by atoms with Crippen LogP contribution in [0, 0.1) is 20.8 Å². The molecule has 1 N–H and O–H groups in total. The third-order valence-electron chi connectivity index (χ3n) is 5.77. The molecule has 2 aromatic heterocycles. The second-order valence-electron chi connectivity index (χ2n) is 8.05. The van der Waals surface area contributed by atoms with Crippen LogP contribution in [0.5, 0.6) is 0 Å². The molecule has 1 fully saturated rings. The van der Waals surface area contributed by atoms with E-state index in [2.05, 4.69) is 10.4 Å². The lowest BCUT2D eigenvalue weighted by molar-refractivity contribution is -0.113. The Morgan fingerprint density at radius 2 is 1.86 bits per heavy atom. The van der Waals surface area contributed by atoms with Crippen molar-refractivity contribution in [3.63, 3.8) is 0 Å². The maximum atomic E-state index is 12.2. The summed E-state index contributed by atoms with van der Waals surface area (Å²) in [6.45, 7) is 7.87. The molecule has 2 aliphatic rings. The number of aryl methyl sites for hydroxylation is 3. The minimum atomic E-state index is -3.05. The molecule has 0 aliphatic carbocycles. The van der Waals surface area contributed by atoms with Crippen LogP contribution in [0.4, 0.5) is 5.82 Å². The first-order valence-corrected chi connectivity index (χ1v) is 12.1. The molecule has 1 saturated heterocycles. The number of nitrogens with zero attached hydrogens (tertiary/aromatic N) is 4. The Bertz CT molecular complexity index is 1090. The fraction of sp³-hybridized carbons (Fsp3) is 0.611. The van der Waals surface area contributed by atoms with Gasteiger partial charge in [-0.2, -0.15) is 10.2 Å². The monoisotopic (exact) mass is 423 g/mol. The van der Waals surface area contributed by atoms with E-state index in [1.165, 1.54) is 0 Å². The van der Waals surface area contributed by atoms with Gasteiger partial charge in [-0.15, -0.1) is 11.8 Å². The maximum absolute atomic E-state index is 12.2. The van der Waals surface area contributed by atoms with Gasteiger partial charge in [-0.3, -0.25) is 14.2 Å². The van der Waals surface area contributed by atoms with Crippen LogP contribution in [0.2, 0.25) is 0 Å². The molecule has 2 atom stereocenters. The molecular formula is C18H25N5O3S2. The van der Waals surface area contributed by atoms with Crippen molar-refractivity contribution in [1.82, 2.24) is 19.6 Å². The topological polar surface area (TPSA) is 98.9 Å². The Morgan fingerprint density at radius 1 is 1.18 bits per heavy atom. The number of rotatable bonds is 2. The van der Waals surface area contributed by atoms with Gasteiger partial charge in [0, 0.05) is 23.9 Å². The molecule has 28 heavy (non-hydrogen) atoms. The van der Waals surface area contributed by atoms with E-state index in [1.54, 1.807) is 16.4 Å². The minimum Gasteiger partial charge on any atom is -0.310 e. The molecule has 152 valence electrons. The molecule has 0 spiro atoms. The summed E-state index contributed by atoms with van der Waals surface area (Å²) < 4.78 is 27.8. The molecule has 0 radical (unpaired) electrons. The van der Waals surface area contributed by atoms with E-state index < -0.39 is 15.4 Å². The third-order valence-corrected chi connectivity index (χ3v) is 8.89. The van der Waals surface area contributed by atoms with Crippen LogP contribution in [0.1, 0.15) is 46.8 Å². The van der Waals surface area contributed by atoms with Crippen LogP contribution in [-0.4, -0.2) is 51.1 Å². The van der Waals surface area contributed by atoms with E-state index in [4.69, 9.17) is 5.10 Å². The van der Waals surface area contributed by atoms with Gasteiger partial charge in [0.15, 0.2) is 9.84 Å². The number of aromatic nitrogens is 4. The lowest BCUT2D eigenvalue weighted by Gasteiger charge is -2.25. The van der Waals surface area contributed by atoms with Crippen LogP contribution in [0.15, 0.2) is 0 Å². The zero-order valence-electron chi connectivity index (χ0n) is 16.7. The number of nitrogens with one attached hydrogen (secondary N) is 1. The second kappa shape index (κ2) is 6.35. The van der Waals surface area contributed by atoms with Gasteiger partial charge < -0.3 is 5.32 Å². The molecule has 0 bridgehead atoms. The van der Waals surface area contributed by atoms with Gasteiger partial charge in [-0.1, -0.05) is 0 Å². The highest BCUT2D eigenvalue weighted by Gasteiger charge is 2.43. The Morgan fingerprint density at radius 3 is 2.50 bits per heavy atom. The Kier molecular flexibility index (Phi) is 4.42. The van der Waals surface area contributed by atoms with Crippen LogP contribution in [-0.2, 0) is 27.2 Å². The van der Waals surface area contributed by atoms with Crippen molar-refractivity contribution in [2.75, 3.05) is 22.6 Å². The number of carbonyl (C=O) groups is 1. The minimum absolute atomic E-state index is 0.0479. The number of amides is 1. The molecule has 10 heteroatoms. The molecule has 0 unspecified atom stereocenters. The van der Waals surface area contributed by atoms with Gasteiger partial charge in [0.1, 0.15) is 5.82 Å². The van der Waals surface area contributed by atoms with Crippen molar-refractivity contribution in [2.24, 2.45) is 7.05 Å². The van der Waals surface area contributed by atoms with Crippen molar-refractivity contribution in [3.8, 4) is 0 Å². The summed E-state index contributed by atoms with van der Waals surface area (Å²) in [5, 5.41) is 12.2. The standard InChI is InChI=1S/C18H25N5O3S2/c1-10-14(12(3)23(21-10)18(4)6-7-28(25,26)9-18)16-15-11(2)20-22(5)17(15)19-13(24)8-27-16/h16H,6-9H2,1-5H3,(H,19,24)/t16-,18-/m0/s1. The molecule has 4 heterocycles. The van der Waals surface area contributed by atoms with E-state index in [0.29, 0.717) is 12.2 Å². The zero-order valence-corrected chi connectivity index (χ0v) is 18.4. The molecular weight excluding hydrogens is 398 g/mol. The SMILES string of the molecule is Cc1nn(C)c2c1[C@H](c1c(C)nn([C@@]3(C)CCS(=O)(=O)C3)c1C)SCC(=O)N2. The Labute approximate surface area is 169 Å². The average molecular weight is 424 g/mol. The van der Waals surface area contributed by atoms with E-state index >= 15 is 0 Å². The molecule has 0 aromatic carbocycles. The second-order valence-corrected chi connectivity index (χ2v) is 11.3. The van der Waals surface area contributed by atoms with Crippen LogP contribution >= 0.6 is 11.8 Å². The van der Waals surface area contributed by atoms with Crippen molar-refractivity contribution >= 4 is 33.3 Å². The molecule has 1 amide bonds. The number of hydrogen-bond donors (Lipinski definition) is 1. The van der Waals surface area contributed by atoms with Crippen LogP contribution in [0.25, 0.3) is 0 Å². The van der Waals surface area contributed by atoms with Gasteiger partial charge in [-0.05, 0) is 34.1 Å². The number of carbonyl (C=O) groups excluding carboxylic acids is 1. The summed E-state index contributed by atoms with van der Waals surface area (Å²) in [5.41, 5.74) is 4.20. The third kappa shape index (κ3) is 2.97. The van der Waals surface area contributed by atoms with Crippen molar-refractivity contribution in [1.29, 1.82) is 0 Å². The summed E-state index contributed by atoms with van der Waals surface area (Å²) in [6, 6.07) is 0. The molecule has 2 aromatic rings. The van der Waals surface area contributed by atoms with Gasteiger partial charge in [0.05, 0.1) is 39.4 Å². The highest BCUT2D eigenvalue weighted by molar-refractivity contribution is 8.00. The summed E-state index contributed by atoms with van der Waals surface area (Å²) in [7, 11) is -1.22. The van der Waals surface area contributed by atoms with Crippen molar-refractivity contribution < 1.29 is 13.2 Å². The highest BCUT2D eigenvalue weighted by atomic mass is 32.2. The van der Waals surface area contributed by atoms with E-state index in [1.807, 2.05) is 39.4 Å². The Balaban J connectivity index is 1.86. The van der Waals surface area contributed by atoms with Gasteiger partial charge >= 0.3 is 0 Å². The number of thioether (sulfide) groups is 1. The number of hydrogen-bond acceptors (Lipinski definition) is 6. The smallest absolute Gasteiger partial charge is 0.235 e. The van der Waals surface area contributed by atoms with Crippen LogP contribution < -0.4 is 5.32 Å². The van der Waals surface area contributed by atoms with Crippen molar-refractivity contribution in [3.05, 3.63) is 28.2 Å². The first-order chi connectivity index (χ1) is 13.0. The molecule has 8 nitrogen and oxygen atoms in total. The lowest BCUT2D eigenvalue weighted by atomic mass is 9.99. The van der Waals surface area contributed by atoms with E-state index in [0.717, 1.165) is 34.0 Å². The normalized spacial score (nSPS) is 26.8. The average Bonchev–Trinajstić information content (AvgIpc) is 3.09. The number of sulfone groups is 1. The van der Waals surface area contributed by atoms with Crippen molar-refractivity contribution in [2.45, 2.75) is 44.9 Å². The summed E-state index contributed by atoms with van der Waals surface area (Å²) in [4.78, 5) is 12.2. The van der Waals surface area contributed by atoms with Crippen LogP contribution in [0.3, 0.4) is 0 Å². The lowest BCUT2D eigenvalue weighted by Crippen LogP contribution is -2.33. The predicted molar refractivity (Wildman–Crippen MR) is 109 cm³/mol. The fourth-order valence-electron chi connectivity index (χ4n) is 4.50. The van der Waals surface area contributed by atoms with Gasteiger partial charge in [0.25, 0.3) is 0 Å². The zero-order chi connectivity index (χ0) is 20.4. The summed E-state index contributed by atoms with van der Waals surface area (Å²) in [5.74, 6) is 1.32. The summed E-state index contributed by atoms with van der Waals surface area (Å²) >= 11 is 1.56. The first kappa shape index (κ1) is 19.5. The first-order valence-electron chi connectivity index (χ1n) is 9.24. The molecule has 4 rings (SSSR count). The van der Waals surface area contributed by atoms with E-state index in [-0.39, 0.29) is 22.7 Å². The molecule has 2 aliphatic heterocycles. The summed E-state index contributed by atoms with van der Waals surface area (Å²) in [6.07, 6.45) is 0.561. The molecule has 0 saturated carbocycles. The highest BCUT2D eigenvalue weighted by Crippen LogP contribution is 2.46. The van der Waals surface area contributed by atoms with Gasteiger partial charge in [0.2, 0.25) is 5.91 Å². The fourth-order valence-corrected chi connectivity index (χ4v) is 7.95. The Hall–Kier alpha value is -1.81. The predicted octanol–water partition coefficient (Wildman–Crippen LogP) is 1.85. The van der Waals surface area contributed by atoms with E-state index in [9.17, 15) is 13.2 Å².